The minimum Gasteiger partial charge on any atom is -0.484 e. The van der Waals surface area contributed by atoms with Crippen LogP contribution in [0.2, 0.25) is 5.02 Å². The second kappa shape index (κ2) is 7.49. The third-order valence-corrected chi connectivity index (χ3v) is 4.12. The Kier molecular flexibility index (Phi) is 5.16. The van der Waals surface area contributed by atoms with Crippen LogP contribution in [-0.4, -0.2) is 25.6 Å². The van der Waals surface area contributed by atoms with Crippen molar-refractivity contribution in [3.8, 4) is 5.75 Å². The summed E-state index contributed by atoms with van der Waals surface area (Å²) in [7, 11) is 0. The number of benzene rings is 2. The van der Waals surface area contributed by atoms with E-state index in [0.717, 1.165) is 13.0 Å². The van der Waals surface area contributed by atoms with Gasteiger partial charge < -0.3 is 15.4 Å². The average Bonchev–Trinajstić information content (AvgIpc) is 2.58. The maximum Gasteiger partial charge on any atom is 0.258 e. The van der Waals surface area contributed by atoms with Crippen molar-refractivity contribution in [2.24, 2.45) is 0 Å². The number of carbonyl (C=O) groups excluding carboxylic acids is 1. The Morgan fingerprint density at radius 1 is 1.26 bits per heavy atom. The molecule has 2 N–H and O–H groups in total. The maximum atomic E-state index is 12.0. The number of rotatable bonds is 5. The van der Waals surface area contributed by atoms with Crippen molar-refractivity contribution in [3.63, 3.8) is 0 Å². The smallest absolute Gasteiger partial charge is 0.258 e. The topological polar surface area (TPSA) is 50.4 Å². The Bertz CT molecular complexity index is 690. The molecule has 0 saturated carbocycles. The van der Waals surface area contributed by atoms with E-state index in [1.165, 1.54) is 11.1 Å². The molecule has 1 aliphatic rings. The standard InChI is InChI=1S/C18H19ClN2O2/c19-14-5-3-6-15(10-14)23-12-18(22)21-11-17-16-7-2-1-4-13(16)8-9-20-17/h1-7,10,17,20H,8-9,11-12H2,(H,21,22). The number of nitrogens with one attached hydrogen (secondary N) is 2. The summed E-state index contributed by atoms with van der Waals surface area (Å²) in [5, 5.41) is 6.95. The summed E-state index contributed by atoms with van der Waals surface area (Å²) in [6.07, 6.45) is 1.03. The summed E-state index contributed by atoms with van der Waals surface area (Å²) in [6.45, 7) is 1.46. The van der Waals surface area contributed by atoms with Gasteiger partial charge in [-0.2, -0.15) is 0 Å². The minimum atomic E-state index is -0.144. The van der Waals surface area contributed by atoms with Crippen LogP contribution in [0.25, 0.3) is 0 Å². The van der Waals surface area contributed by atoms with Crippen LogP contribution in [0.4, 0.5) is 0 Å². The quantitative estimate of drug-likeness (QED) is 0.886. The molecule has 5 heteroatoms. The summed E-state index contributed by atoms with van der Waals surface area (Å²) >= 11 is 5.88. The summed E-state index contributed by atoms with van der Waals surface area (Å²) < 4.78 is 5.44. The van der Waals surface area contributed by atoms with Gasteiger partial charge in [0.15, 0.2) is 6.61 Å². The second-order valence-corrected chi connectivity index (χ2v) is 5.94. The lowest BCUT2D eigenvalue weighted by Gasteiger charge is -2.27. The van der Waals surface area contributed by atoms with Gasteiger partial charge in [-0.25, -0.2) is 0 Å². The highest BCUT2D eigenvalue weighted by Crippen LogP contribution is 2.22. The molecule has 0 radical (unpaired) electrons. The van der Waals surface area contributed by atoms with Crippen LogP contribution in [0.5, 0.6) is 5.75 Å². The first kappa shape index (κ1) is 15.8. The van der Waals surface area contributed by atoms with E-state index < -0.39 is 0 Å². The van der Waals surface area contributed by atoms with Crippen LogP contribution in [-0.2, 0) is 11.2 Å². The van der Waals surface area contributed by atoms with Gasteiger partial charge in [0.1, 0.15) is 5.75 Å². The molecule has 0 aromatic heterocycles. The van der Waals surface area contributed by atoms with Gasteiger partial charge in [0.2, 0.25) is 0 Å². The van der Waals surface area contributed by atoms with E-state index in [4.69, 9.17) is 16.3 Å². The normalized spacial score (nSPS) is 16.5. The molecule has 1 aliphatic heterocycles. The molecule has 0 fully saturated rings. The van der Waals surface area contributed by atoms with E-state index in [1.807, 2.05) is 6.07 Å². The van der Waals surface area contributed by atoms with E-state index in [1.54, 1.807) is 24.3 Å². The number of hydrogen-bond acceptors (Lipinski definition) is 3. The van der Waals surface area contributed by atoms with Crippen molar-refractivity contribution in [2.45, 2.75) is 12.5 Å². The minimum absolute atomic E-state index is 0.0191. The van der Waals surface area contributed by atoms with E-state index in [9.17, 15) is 4.79 Å². The first-order valence-corrected chi connectivity index (χ1v) is 8.06. The molecule has 0 aliphatic carbocycles. The first-order chi connectivity index (χ1) is 11.2. The van der Waals surface area contributed by atoms with E-state index >= 15 is 0 Å². The Morgan fingerprint density at radius 3 is 3.00 bits per heavy atom. The van der Waals surface area contributed by atoms with Crippen LogP contribution in [0.15, 0.2) is 48.5 Å². The lowest BCUT2D eigenvalue weighted by atomic mass is 9.94. The molecule has 120 valence electrons. The van der Waals surface area contributed by atoms with E-state index in [-0.39, 0.29) is 18.6 Å². The van der Waals surface area contributed by atoms with Crippen molar-refractivity contribution in [1.29, 1.82) is 0 Å². The lowest BCUT2D eigenvalue weighted by Crippen LogP contribution is -2.40. The molecule has 2 aromatic rings. The maximum absolute atomic E-state index is 12.0. The van der Waals surface area contributed by atoms with Crippen molar-refractivity contribution >= 4 is 17.5 Å². The monoisotopic (exact) mass is 330 g/mol. The molecular formula is C18H19ClN2O2. The molecule has 0 spiro atoms. The van der Waals surface area contributed by atoms with Crippen molar-refractivity contribution in [2.75, 3.05) is 19.7 Å². The zero-order chi connectivity index (χ0) is 16.1. The van der Waals surface area contributed by atoms with Gasteiger partial charge in [-0.05, 0) is 42.3 Å². The summed E-state index contributed by atoms with van der Waals surface area (Å²) in [5.74, 6) is 0.448. The van der Waals surface area contributed by atoms with Gasteiger partial charge in [0.05, 0.1) is 0 Å². The molecule has 0 saturated heterocycles. The van der Waals surface area contributed by atoms with Crippen LogP contribution in [0.1, 0.15) is 17.2 Å². The molecule has 23 heavy (non-hydrogen) atoms. The first-order valence-electron chi connectivity index (χ1n) is 7.68. The van der Waals surface area contributed by atoms with Gasteiger partial charge >= 0.3 is 0 Å². The van der Waals surface area contributed by atoms with Gasteiger partial charge in [0.25, 0.3) is 5.91 Å². The van der Waals surface area contributed by atoms with Gasteiger partial charge in [-0.15, -0.1) is 0 Å². The van der Waals surface area contributed by atoms with Gasteiger partial charge in [-0.1, -0.05) is 41.9 Å². The third-order valence-electron chi connectivity index (χ3n) is 3.88. The molecule has 3 rings (SSSR count). The third kappa shape index (κ3) is 4.24. The number of amides is 1. The summed E-state index contributed by atoms with van der Waals surface area (Å²) in [4.78, 5) is 12.0. The fourth-order valence-corrected chi connectivity index (χ4v) is 2.93. The highest BCUT2D eigenvalue weighted by atomic mass is 35.5. The molecule has 1 atom stereocenters. The zero-order valence-corrected chi connectivity index (χ0v) is 13.5. The highest BCUT2D eigenvalue weighted by Gasteiger charge is 2.19. The molecule has 0 bridgehead atoms. The lowest BCUT2D eigenvalue weighted by molar-refractivity contribution is -0.123. The summed E-state index contributed by atoms with van der Waals surface area (Å²) in [6, 6.07) is 15.5. The van der Waals surface area contributed by atoms with Crippen molar-refractivity contribution in [1.82, 2.24) is 10.6 Å². The molecular weight excluding hydrogens is 312 g/mol. The zero-order valence-electron chi connectivity index (χ0n) is 12.7. The Labute approximate surface area is 140 Å². The highest BCUT2D eigenvalue weighted by molar-refractivity contribution is 6.30. The Hall–Kier alpha value is -2.04. The number of hydrogen-bond donors (Lipinski definition) is 2. The molecule has 4 nitrogen and oxygen atoms in total. The Balaban J connectivity index is 1.50. The second-order valence-electron chi connectivity index (χ2n) is 5.51. The van der Waals surface area contributed by atoms with E-state index in [0.29, 0.717) is 17.3 Å². The van der Waals surface area contributed by atoms with Crippen LogP contribution >= 0.6 is 11.6 Å². The van der Waals surface area contributed by atoms with Crippen molar-refractivity contribution < 1.29 is 9.53 Å². The fraction of sp³-hybridized carbons (Fsp3) is 0.278. The number of halogens is 1. The van der Waals surface area contributed by atoms with Crippen LogP contribution < -0.4 is 15.4 Å². The predicted octanol–water partition coefficient (Wildman–Crippen LogP) is 2.72. The Morgan fingerprint density at radius 2 is 2.13 bits per heavy atom. The van der Waals surface area contributed by atoms with Crippen LogP contribution in [0, 0.1) is 0 Å². The largest absolute Gasteiger partial charge is 0.484 e. The molecule has 1 heterocycles. The van der Waals surface area contributed by atoms with Crippen molar-refractivity contribution in [3.05, 3.63) is 64.7 Å². The number of fused-ring (bicyclic) bond motifs is 1. The summed E-state index contributed by atoms with van der Waals surface area (Å²) in [5.41, 5.74) is 2.61. The number of ether oxygens (including phenoxy) is 1. The van der Waals surface area contributed by atoms with E-state index in [2.05, 4.69) is 28.8 Å². The average molecular weight is 331 g/mol. The number of carbonyl (C=O) groups is 1. The van der Waals surface area contributed by atoms with Crippen LogP contribution in [0.3, 0.4) is 0 Å². The molecule has 2 aromatic carbocycles. The SMILES string of the molecule is O=C(COc1cccc(Cl)c1)NCC1NCCc2ccccc21. The van der Waals surface area contributed by atoms with Gasteiger partial charge in [-0.3, -0.25) is 4.79 Å². The predicted molar refractivity (Wildman–Crippen MR) is 90.8 cm³/mol. The fourth-order valence-electron chi connectivity index (χ4n) is 2.75. The molecule has 1 unspecified atom stereocenters. The van der Waals surface area contributed by atoms with Gasteiger partial charge in [0, 0.05) is 17.6 Å². The molecule has 1 amide bonds.